The van der Waals surface area contributed by atoms with Gasteiger partial charge in [-0.2, -0.15) is 0 Å². The number of anilines is 1. The van der Waals surface area contributed by atoms with Gasteiger partial charge in [0.05, 0.1) is 25.8 Å². The second-order valence-corrected chi connectivity index (χ2v) is 6.69. The lowest BCUT2D eigenvalue weighted by molar-refractivity contribution is -0.126. The van der Waals surface area contributed by atoms with E-state index < -0.39 is 5.92 Å². The molecular formula is C20H21ClN2O4. The average Bonchev–Trinajstić information content (AvgIpc) is 3.07. The molecular weight excluding hydrogens is 368 g/mol. The number of hydrogen-bond donors (Lipinski definition) is 1. The van der Waals surface area contributed by atoms with Crippen molar-refractivity contribution in [1.29, 1.82) is 0 Å². The van der Waals surface area contributed by atoms with Crippen molar-refractivity contribution in [1.82, 2.24) is 5.32 Å². The van der Waals surface area contributed by atoms with E-state index in [1.165, 1.54) is 7.11 Å². The maximum atomic E-state index is 12.6. The fraction of sp³-hybridized carbons (Fsp3) is 0.300. The highest BCUT2D eigenvalue weighted by molar-refractivity contribution is 6.31. The number of carbonyl (C=O) groups excluding carboxylic acids is 2. The van der Waals surface area contributed by atoms with Gasteiger partial charge in [0.1, 0.15) is 11.5 Å². The van der Waals surface area contributed by atoms with E-state index in [1.54, 1.807) is 30.2 Å². The lowest BCUT2D eigenvalue weighted by Crippen LogP contribution is -2.32. The number of para-hydroxylation sites is 1. The molecule has 0 bridgehead atoms. The lowest BCUT2D eigenvalue weighted by atomic mass is 10.1. The number of nitrogens with one attached hydrogen (secondary N) is 1. The third-order valence-corrected chi connectivity index (χ3v) is 4.81. The Morgan fingerprint density at radius 1 is 1.19 bits per heavy atom. The molecule has 1 fully saturated rings. The van der Waals surface area contributed by atoms with Gasteiger partial charge < -0.3 is 19.7 Å². The first-order valence-electron chi connectivity index (χ1n) is 8.57. The molecule has 1 aliphatic rings. The predicted octanol–water partition coefficient (Wildman–Crippen LogP) is 3.03. The zero-order chi connectivity index (χ0) is 19.4. The third-order valence-electron chi connectivity index (χ3n) is 4.57. The summed E-state index contributed by atoms with van der Waals surface area (Å²) in [6.07, 6.45) is 0.146. The smallest absolute Gasteiger partial charge is 0.227 e. The minimum Gasteiger partial charge on any atom is -0.496 e. The molecule has 0 aromatic heterocycles. The molecule has 27 heavy (non-hydrogen) atoms. The molecule has 7 heteroatoms. The largest absolute Gasteiger partial charge is 0.496 e. The molecule has 2 aromatic rings. The van der Waals surface area contributed by atoms with Crippen LogP contribution in [0.3, 0.4) is 0 Å². The van der Waals surface area contributed by atoms with Gasteiger partial charge in [-0.1, -0.05) is 29.8 Å². The molecule has 1 heterocycles. The summed E-state index contributed by atoms with van der Waals surface area (Å²) in [7, 11) is 3.12. The van der Waals surface area contributed by atoms with Gasteiger partial charge in [-0.05, 0) is 24.3 Å². The maximum absolute atomic E-state index is 12.6. The minimum atomic E-state index is -0.434. The Bertz CT molecular complexity index is 856. The Balaban J connectivity index is 1.68. The minimum absolute atomic E-state index is 0.131. The van der Waals surface area contributed by atoms with Crippen LogP contribution in [0.25, 0.3) is 0 Å². The first-order valence-corrected chi connectivity index (χ1v) is 8.94. The molecule has 0 radical (unpaired) electrons. The van der Waals surface area contributed by atoms with Crippen LogP contribution < -0.4 is 19.7 Å². The zero-order valence-electron chi connectivity index (χ0n) is 15.2. The van der Waals surface area contributed by atoms with Gasteiger partial charge in [0.15, 0.2) is 0 Å². The number of halogens is 1. The van der Waals surface area contributed by atoms with E-state index in [0.717, 1.165) is 5.56 Å². The standard InChI is InChI=1S/C20H21ClN2O4/c1-26-17-6-4-3-5-13(17)11-22-20(25)14-9-19(24)23(12-14)16-10-15(21)7-8-18(16)27-2/h3-8,10,14H,9,11-12H2,1-2H3,(H,22,25)/t14-/m0/s1. The quantitative estimate of drug-likeness (QED) is 0.826. The fourth-order valence-corrected chi connectivity index (χ4v) is 3.33. The van der Waals surface area contributed by atoms with Gasteiger partial charge in [-0.3, -0.25) is 9.59 Å². The van der Waals surface area contributed by atoms with E-state index >= 15 is 0 Å². The molecule has 0 saturated carbocycles. The molecule has 3 rings (SSSR count). The second-order valence-electron chi connectivity index (χ2n) is 6.25. The molecule has 0 unspecified atom stereocenters. The van der Waals surface area contributed by atoms with Crippen LogP contribution in [0, 0.1) is 5.92 Å². The fourth-order valence-electron chi connectivity index (χ4n) is 3.17. The summed E-state index contributed by atoms with van der Waals surface area (Å²) in [4.78, 5) is 26.6. The highest BCUT2D eigenvalue weighted by Gasteiger charge is 2.36. The van der Waals surface area contributed by atoms with Crippen molar-refractivity contribution in [2.45, 2.75) is 13.0 Å². The van der Waals surface area contributed by atoms with Crippen molar-refractivity contribution >= 4 is 29.1 Å². The van der Waals surface area contributed by atoms with E-state index in [4.69, 9.17) is 21.1 Å². The summed E-state index contributed by atoms with van der Waals surface area (Å²) in [6.45, 7) is 0.626. The first kappa shape index (κ1) is 19.0. The molecule has 6 nitrogen and oxygen atoms in total. The van der Waals surface area contributed by atoms with Gasteiger partial charge in [0, 0.05) is 30.1 Å². The summed E-state index contributed by atoms with van der Waals surface area (Å²) in [5.74, 6) is 0.523. The van der Waals surface area contributed by atoms with Crippen molar-refractivity contribution in [3.8, 4) is 11.5 Å². The maximum Gasteiger partial charge on any atom is 0.227 e. The van der Waals surface area contributed by atoms with Crippen LogP contribution in [0.5, 0.6) is 11.5 Å². The van der Waals surface area contributed by atoms with Gasteiger partial charge in [0.2, 0.25) is 11.8 Å². The number of ether oxygens (including phenoxy) is 2. The summed E-state index contributed by atoms with van der Waals surface area (Å²) < 4.78 is 10.6. The van der Waals surface area contributed by atoms with Gasteiger partial charge >= 0.3 is 0 Å². The van der Waals surface area contributed by atoms with Crippen LogP contribution in [0.15, 0.2) is 42.5 Å². The summed E-state index contributed by atoms with van der Waals surface area (Å²) in [5, 5.41) is 3.40. The van der Waals surface area contributed by atoms with Crippen molar-refractivity contribution in [3.05, 3.63) is 53.1 Å². The molecule has 142 valence electrons. The van der Waals surface area contributed by atoms with Crippen molar-refractivity contribution in [2.75, 3.05) is 25.7 Å². The lowest BCUT2D eigenvalue weighted by Gasteiger charge is -2.20. The summed E-state index contributed by atoms with van der Waals surface area (Å²) in [5.41, 5.74) is 1.46. The topological polar surface area (TPSA) is 67.9 Å². The highest BCUT2D eigenvalue weighted by Crippen LogP contribution is 2.35. The van der Waals surface area contributed by atoms with E-state index in [0.29, 0.717) is 28.8 Å². The molecule has 0 spiro atoms. The number of rotatable bonds is 6. The van der Waals surface area contributed by atoms with E-state index in [2.05, 4.69) is 5.32 Å². The zero-order valence-corrected chi connectivity index (χ0v) is 16.0. The van der Waals surface area contributed by atoms with Gasteiger partial charge in [0.25, 0.3) is 0 Å². The van der Waals surface area contributed by atoms with E-state index in [-0.39, 0.29) is 24.8 Å². The van der Waals surface area contributed by atoms with Crippen molar-refractivity contribution in [2.24, 2.45) is 5.92 Å². The summed E-state index contributed by atoms with van der Waals surface area (Å²) in [6, 6.07) is 12.6. The number of amides is 2. The van der Waals surface area contributed by atoms with Crippen molar-refractivity contribution in [3.63, 3.8) is 0 Å². The van der Waals surface area contributed by atoms with Crippen molar-refractivity contribution < 1.29 is 19.1 Å². The van der Waals surface area contributed by atoms with Crippen LogP contribution in [0.1, 0.15) is 12.0 Å². The molecule has 1 atom stereocenters. The molecule has 0 aliphatic carbocycles. The van der Waals surface area contributed by atoms with Gasteiger partial charge in [-0.25, -0.2) is 0 Å². The third kappa shape index (κ3) is 4.17. The second kappa shape index (κ2) is 8.31. The van der Waals surface area contributed by atoms with Gasteiger partial charge in [-0.15, -0.1) is 0 Å². The average molecular weight is 389 g/mol. The Kier molecular flexibility index (Phi) is 5.86. The van der Waals surface area contributed by atoms with Crippen LogP contribution in [0.2, 0.25) is 5.02 Å². The Hall–Kier alpha value is -2.73. The monoisotopic (exact) mass is 388 g/mol. The Morgan fingerprint density at radius 2 is 1.93 bits per heavy atom. The SMILES string of the molecule is COc1ccccc1CNC(=O)[C@H]1CC(=O)N(c2cc(Cl)ccc2OC)C1. The van der Waals surface area contributed by atoms with Crippen LogP contribution in [0.4, 0.5) is 5.69 Å². The molecule has 1 saturated heterocycles. The highest BCUT2D eigenvalue weighted by atomic mass is 35.5. The number of benzene rings is 2. The molecule has 1 N–H and O–H groups in total. The van der Waals surface area contributed by atoms with Crippen LogP contribution in [-0.2, 0) is 16.1 Å². The predicted molar refractivity (Wildman–Crippen MR) is 103 cm³/mol. The Morgan fingerprint density at radius 3 is 2.67 bits per heavy atom. The first-order chi connectivity index (χ1) is 13.0. The number of hydrogen-bond acceptors (Lipinski definition) is 4. The molecule has 2 aromatic carbocycles. The number of methoxy groups -OCH3 is 2. The summed E-state index contributed by atoms with van der Waals surface area (Å²) >= 11 is 6.06. The Labute approximate surface area is 163 Å². The molecule has 1 aliphatic heterocycles. The number of carbonyl (C=O) groups is 2. The molecule has 2 amide bonds. The number of nitrogens with zero attached hydrogens (tertiary/aromatic N) is 1. The normalized spacial score (nSPS) is 16.3. The van der Waals surface area contributed by atoms with Crippen LogP contribution >= 0.6 is 11.6 Å². The van der Waals surface area contributed by atoms with E-state index in [9.17, 15) is 9.59 Å². The van der Waals surface area contributed by atoms with E-state index in [1.807, 2.05) is 24.3 Å². The van der Waals surface area contributed by atoms with Crippen LogP contribution in [-0.4, -0.2) is 32.6 Å².